The number of hydrogen-bond donors (Lipinski definition) is 1. The maximum Gasteiger partial charge on any atom is 0.310 e. The van der Waals surface area contributed by atoms with Crippen molar-refractivity contribution in [3.63, 3.8) is 0 Å². The first-order chi connectivity index (χ1) is 9.60. The minimum absolute atomic E-state index is 0.429. The molecular weight excluding hydrogens is 250 g/mol. The van der Waals surface area contributed by atoms with Gasteiger partial charge in [0, 0.05) is 13.1 Å². The Kier molecular flexibility index (Phi) is 5.18. The zero-order chi connectivity index (χ0) is 14.5. The molecule has 0 aromatic heterocycles. The number of benzene rings is 1. The standard InChI is InChI=1S/C17H25NO2/c1-3-18(11-14-5-4-6-14)12-15-7-9-16(10-8-15)13(2)17(19)20/h7-10,13-14H,3-6,11-12H2,1-2H3,(H,19,20). The summed E-state index contributed by atoms with van der Waals surface area (Å²) in [4.78, 5) is 13.4. The number of nitrogens with zero attached hydrogens (tertiary/aromatic N) is 1. The van der Waals surface area contributed by atoms with E-state index in [1.165, 1.54) is 31.4 Å². The van der Waals surface area contributed by atoms with Gasteiger partial charge in [0.2, 0.25) is 0 Å². The summed E-state index contributed by atoms with van der Waals surface area (Å²) in [5.74, 6) is -0.305. The molecule has 20 heavy (non-hydrogen) atoms. The summed E-state index contributed by atoms with van der Waals surface area (Å²) in [6, 6.07) is 8.03. The van der Waals surface area contributed by atoms with Crippen molar-refractivity contribution in [1.82, 2.24) is 4.90 Å². The smallest absolute Gasteiger partial charge is 0.310 e. The molecule has 1 aromatic rings. The molecule has 0 heterocycles. The number of hydrogen-bond acceptors (Lipinski definition) is 2. The second-order valence-electron chi connectivity index (χ2n) is 5.93. The molecule has 3 heteroatoms. The average molecular weight is 275 g/mol. The van der Waals surface area contributed by atoms with E-state index in [0.717, 1.165) is 24.6 Å². The molecule has 0 spiro atoms. The molecule has 0 radical (unpaired) electrons. The van der Waals surface area contributed by atoms with Crippen LogP contribution in [0, 0.1) is 5.92 Å². The SMILES string of the molecule is CCN(Cc1ccc(C(C)C(=O)O)cc1)CC1CCC1. The van der Waals surface area contributed by atoms with Gasteiger partial charge < -0.3 is 5.11 Å². The molecule has 1 aromatic carbocycles. The molecule has 0 saturated heterocycles. The van der Waals surface area contributed by atoms with Crippen LogP contribution in [0.2, 0.25) is 0 Å². The Bertz CT molecular complexity index is 437. The molecule has 1 unspecified atom stereocenters. The number of aliphatic carboxylic acids is 1. The van der Waals surface area contributed by atoms with Crippen molar-refractivity contribution in [1.29, 1.82) is 0 Å². The third kappa shape index (κ3) is 3.83. The van der Waals surface area contributed by atoms with Gasteiger partial charge in [0.1, 0.15) is 0 Å². The first-order valence-corrected chi connectivity index (χ1v) is 7.64. The van der Waals surface area contributed by atoms with E-state index < -0.39 is 11.9 Å². The van der Waals surface area contributed by atoms with E-state index in [-0.39, 0.29) is 0 Å². The van der Waals surface area contributed by atoms with Crippen LogP contribution >= 0.6 is 0 Å². The van der Waals surface area contributed by atoms with Crippen molar-refractivity contribution in [2.24, 2.45) is 5.92 Å². The highest BCUT2D eigenvalue weighted by atomic mass is 16.4. The summed E-state index contributed by atoms with van der Waals surface area (Å²) < 4.78 is 0. The van der Waals surface area contributed by atoms with E-state index in [1.54, 1.807) is 6.92 Å². The van der Waals surface area contributed by atoms with E-state index in [2.05, 4.69) is 24.0 Å². The van der Waals surface area contributed by atoms with Crippen molar-refractivity contribution in [2.45, 2.75) is 45.6 Å². The highest BCUT2D eigenvalue weighted by molar-refractivity contribution is 5.75. The van der Waals surface area contributed by atoms with Crippen LogP contribution in [0.3, 0.4) is 0 Å². The number of carbonyl (C=O) groups is 1. The van der Waals surface area contributed by atoms with Crippen LogP contribution in [-0.4, -0.2) is 29.1 Å². The second-order valence-corrected chi connectivity index (χ2v) is 5.93. The summed E-state index contributed by atoms with van der Waals surface area (Å²) in [5, 5.41) is 9.01. The monoisotopic (exact) mass is 275 g/mol. The molecular formula is C17H25NO2. The van der Waals surface area contributed by atoms with Gasteiger partial charge in [-0.05, 0) is 43.4 Å². The lowest BCUT2D eigenvalue weighted by atomic mass is 9.85. The molecule has 0 amide bonds. The number of carboxylic acid groups (broad SMARTS) is 1. The molecule has 0 aliphatic heterocycles. The Labute approximate surface area is 121 Å². The Morgan fingerprint density at radius 1 is 1.35 bits per heavy atom. The summed E-state index contributed by atoms with van der Waals surface area (Å²) in [6.07, 6.45) is 4.15. The number of carboxylic acids is 1. The van der Waals surface area contributed by atoms with E-state index in [0.29, 0.717) is 0 Å². The lowest BCUT2D eigenvalue weighted by Crippen LogP contribution is -2.32. The minimum Gasteiger partial charge on any atom is -0.481 e. The first kappa shape index (κ1) is 15.0. The molecule has 110 valence electrons. The predicted octanol–water partition coefficient (Wildman–Crippen LogP) is 3.50. The van der Waals surface area contributed by atoms with Gasteiger partial charge in [-0.25, -0.2) is 0 Å². The zero-order valence-electron chi connectivity index (χ0n) is 12.5. The largest absolute Gasteiger partial charge is 0.481 e. The fraction of sp³-hybridized carbons (Fsp3) is 0.588. The van der Waals surface area contributed by atoms with Crippen molar-refractivity contribution >= 4 is 5.97 Å². The van der Waals surface area contributed by atoms with Crippen molar-refractivity contribution in [3.8, 4) is 0 Å². The molecule has 1 fully saturated rings. The highest BCUT2D eigenvalue weighted by Crippen LogP contribution is 2.27. The third-order valence-corrected chi connectivity index (χ3v) is 4.44. The van der Waals surface area contributed by atoms with Crippen LogP contribution in [0.15, 0.2) is 24.3 Å². The van der Waals surface area contributed by atoms with E-state index in [1.807, 2.05) is 12.1 Å². The molecule has 1 aliphatic carbocycles. The molecule has 1 N–H and O–H groups in total. The zero-order valence-corrected chi connectivity index (χ0v) is 12.5. The van der Waals surface area contributed by atoms with Gasteiger partial charge in [-0.15, -0.1) is 0 Å². The van der Waals surface area contributed by atoms with Crippen LogP contribution in [0.25, 0.3) is 0 Å². The van der Waals surface area contributed by atoms with Crippen molar-refractivity contribution < 1.29 is 9.90 Å². The Balaban J connectivity index is 1.92. The molecule has 1 saturated carbocycles. The van der Waals surface area contributed by atoms with E-state index in [9.17, 15) is 4.79 Å². The van der Waals surface area contributed by atoms with Gasteiger partial charge in [0.25, 0.3) is 0 Å². The van der Waals surface area contributed by atoms with E-state index >= 15 is 0 Å². The van der Waals surface area contributed by atoms with Crippen LogP contribution in [0.4, 0.5) is 0 Å². The molecule has 1 aliphatic rings. The summed E-state index contributed by atoms with van der Waals surface area (Å²) in [6.45, 7) is 7.17. The molecule has 0 bridgehead atoms. The summed E-state index contributed by atoms with van der Waals surface area (Å²) >= 11 is 0. The van der Waals surface area contributed by atoms with Gasteiger partial charge in [-0.1, -0.05) is 37.6 Å². The van der Waals surface area contributed by atoms with Gasteiger partial charge in [0.15, 0.2) is 0 Å². The van der Waals surface area contributed by atoms with Crippen LogP contribution in [0.1, 0.15) is 50.2 Å². The Morgan fingerprint density at radius 2 is 2.00 bits per heavy atom. The predicted molar refractivity (Wildman–Crippen MR) is 80.8 cm³/mol. The molecule has 3 nitrogen and oxygen atoms in total. The Hall–Kier alpha value is -1.35. The molecule has 2 rings (SSSR count). The highest BCUT2D eigenvalue weighted by Gasteiger charge is 2.20. The second kappa shape index (κ2) is 6.89. The van der Waals surface area contributed by atoms with Gasteiger partial charge in [-0.3, -0.25) is 9.69 Å². The van der Waals surface area contributed by atoms with Crippen molar-refractivity contribution in [2.75, 3.05) is 13.1 Å². The minimum atomic E-state index is -0.766. The lowest BCUT2D eigenvalue weighted by Gasteiger charge is -2.31. The lowest BCUT2D eigenvalue weighted by molar-refractivity contribution is -0.138. The molecule has 1 atom stereocenters. The van der Waals surface area contributed by atoms with Gasteiger partial charge in [-0.2, -0.15) is 0 Å². The quantitative estimate of drug-likeness (QED) is 0.828. The normalized spacial score (nSPS) is 16.9. The fourth-order valence-electron chi connectivity index (χ4n) is 2.66. The van der Waals surface area contributed by atoms with Crippen molar-refractivity contribution in [3.05, 3.63) is 35.4 Å². The third-order valence-electron chi connectivity index (χ3n) is 4.44. The first-order valence-electron chi connectivity index (χ1n) is 7.64. The average Bonchev–Trinajstić information content (AvgIpc) is 2.41. The van der Waals surface area contributed by atoms with Crippen LogP contribution < -0.4 is 0 Å². The van der Waals surface area contributed by atoms with Crippen LogP contribution in [0.5, 0.6) is 0 Å². The summed E-state index contributed by atoms with van der Waals surface area (Å²) in [7, 11) is 0. The van der Waals surface area contributed by atoms with Gasteiger partial charge in [0.05, 0.1) is 5.92 Å². The topological polar surface area (TPSA) is 40.5 Å². The van der Waals surface area contributed by atoms with Gasteiger partial charge >= 0.3 is 5.97 Å². The van der Waals surface area contributed by atoms with Crippen LogP contribution in [-0.2, 0) is 11.3 Å². The number of rotatable bonds is 7. The maximum atomic E-state index is 11.0. The summed E-state index contributed by atoms with van der Waals surface area (Å²) in [5.41, 5.74) is 2.15. The Morgan fingerprint density at radius 3 is 2.45 bits per heavy atom. The van der Waals surface area contributed by atoms with E-state index in [4.69, 9.17) is 5.11 Å². The fourth-order valence-corrected chi connectivity index (χ4v) is 2.66. The maximum absolute atomic E-state index is 11.0.